The van der Waals surface area contributed by atoms with Crippen molar-refractivity contribution in [2.24, 2.45) is 4.99 Å². The molecule has 0 saturated heterocycles. The fourth-order valence-corrected chi connectivity index (χ4v) is 1.67. The summed E-state index contributed by atoms with van der Waals surface area (Å²) < 4.78 is 0. The molecule has 0 amide bonds. The van der Waals surface area contributed by atoms with Gasteiger partial charge in [-0.05, 0) is 18.6 Å². The summed E-state index contributed by atoms with van der Waals surface area (Å²) in [4.78, 5) is 19.8. The predicted octanol–water partition coefficient (Wildman–Crippen LogP) is 3.48. The number of aromatic nitrogens is 1. The third kappa shape index (κ3) is 5.71. The van der Waals surface area contributed by atoms with Crippen LogP contribution in [0.4, 0.5) is 0 Å². The average molecular weight is 246 g/mol. The van der Waals surface area contributed by atoms with Gasteiger partial charge < -0.3 is 0 Å². The van der Waals surface area contributed by atoms with Gasteiger partial charge in [-0.2, -0.15) is 0 Å². The summed E-state index contributed by atoms with van der Waals surface area (Å²) >= 11 is 0. The van der Waals surface area contributed by atoms with Gasteiger partial charge in [0.15, 0.2) is 5.78 Å². The quantitative estimate of drug-likeness (QED) is 0.400. The molecule has 3 heteroatoms. The third-order valence-electron chi connectivity index (χ3n) is 2.74. The van der Waals surface area contributed by atoms with Crippen molar-refractivity contribution in [2.45, 2.75) is 46.0 Å². The van der Waals surface area contributed by atoms with Crippen molar-refractivity contribution in [3.63, 3.8) is 0 Å². The van der Waals surface area contributed by atoms with Crippen molar-refractivity contribution in [3.05, 3.63) is 29.6 Å². The molecule has 0 aliphatic carbocycles. The number of aliphatic imine (C=N–C) groups is 1. The monoisotopic (exact) mass is 246 g/mol. The highest BCUT2D eigenvalue weighted by Crippen LogP contribution is 2.01. The fourth-order valence-electron chi connectivity index (χ4n) is 1.67. The molecule has 0 fully saturated rings. The van der Waals surface area contributed by atoms with Crippen LogP contribution in [0.15, 0.2) is 23.2 Å². The van der Waals surface area contributed by atoms with Gasteiger partial charge in [-0.25, -0.2) is 4.98 Å². The number of unbranched alkanes of at least 4 members (excludes halogenated alkanes) is 3. The van der Waals surface area contributed by atoms with Crippen molar-refractivity contribution < 1.29 is 4.79 Å². The average Bonchev–Trinajstić information content (AvgIpc) is 2.38. The van der Waals surface area contributed by atoms with Crippen molar-refractivity contribution in [1.82, 2.24) is 4.98 Å². The first-order valence-electron chi connectivity index (χ1n) is 6.69. The molecule has 0 unspecified atom stereocenters. The Bertz CT molecular complexity index is 399. The van der Waals surface area contributed by atoms with Crippen LogP contribution in [0.3, 0.4) is 0 Å². The van der Waals surface area contributed by atoms with Crippen LogP contribution in [-0.4, -0.2) is 23.5 Å². The first kappa shape index (κ1) is 14.6. The molecule has 1 rings (SSSR count). The van der Waals surface area contributed by atoms with Crippen LogP contribution in [0.25, 0.3) is 0 Å². The molecule has 0 spiro atoms. The van der Waals surface area contributed by atoms with Crippen LogP contribution in [0.1, 0.15) is 55.7 Å². The Morgan fingerprint density at radius 3 is 2.89 bits per heavy atom. The van der Waals surface area contributed by atoms with Gasteiger partial charge in [-0.1, -0.05) is 32.3 Å². The van der Waals surface area contributed by atoms with E-state index in [-0.39, 0.29) is 5.78 Å². The molecule has 0 saturated carbocycles. The van der Waals surface area contributed by atoms with Gasteiger partial charge in [-0.3, -0.25) is 9.79 Å². The summed E-state index contributed by atoms with van der Waals surface area (Å²) in [6, 6.07) is 5.54. The second-order valence-electron chi connectivity index (χ2n) is 4.42. The van der Waals surface area contributed by atoms with Gasteiger partial charge in [0.2, 0.25) is 0 Å². The number of nitrogens with zero attached hydrogens (tertiary/aromatic N) is 2. The van der Waals surface area contributed by atoms with Crippen LogP contribution < -0.4 is 0 Å². The Kier molecular flexibility index (Phi) is 6.92. The van der Waals surface area contributed by atoms with Crippen LogP contribution in [0, 0.1) is 0 Å². The Balaban J connectivity index is 2.32. The minimum Gasteiger partial charge on any atom is -0.297 e. The number of pyridine rings is 1. The molecule has 1 aromatic heterocycles. The summed E-state index contributed by atoms with van der Waals surface area (Å²) in [7, 11) is 0. The minimum atomic E-state index is 0.00774. The zero-order valence-corrected chi connectivity index (χ0v) is 11.4. The lowest BCUT2D eigenvalue weighted by Gasteiger charge is -1.99. The maximum absolute atomic E-state index is 11.2. The van der Waals surface area contributed by atoms with E-state index in [4.69, 9.17) is 0 Å². The molecule has 1 aromatic rings. The van der Waals surface area contributed by atoms with Crippen molar-refractivity contribution in [3.8, 4) is 0 Å². The van der Waals surface area contributed by atoms with Crippen LogP contribution in [-0.2, 0) is 6.42 Å². The number of carbonyl (C=O) groups is 1. The van der Waals surface area contributed by atoms with E-state index in [1.807, 2.05) is 18.3 Å². The zero-order chi connectivity index (χ0) is 13.2. The lowest BCUT2D eigenvalue weighted by molar-refractivity contribution is 0.101. The van der Waals surface area contributed by atoms with E-state index in [0.29, 0.717) is 12.1 Å². The molecule has 98 valence electrons. The lowest BCUT2D eigenvalue weighted by atomic mass is 10.2. The zero-order valence-electron chi connectivity index (χ0n) is 11.4. The molecule has 18 heavy (non-hydrogen) atoms. The van der Waals surface area contributed by atoms with Crippen LogP contribution in [0.5, 0.6) is 0 Å². The lowest BCUT2D eigenvalue weighted by Crippen LogP contribution is -2.00. The Labute approximate surface area is 109 Å². The van der Waals surface area contributed by atoms with Gasteiger partial charge in [0.1, 0.15) is 5.69 Å². The molecule has 3 nitrogen and oxygen atoms in total. The van der Waals surface area contributed by atoms with E-state index < -0.39 is 0 Å². The molecule has 1 heterocycles. The van der Waals surface area contributed by atoms with Gasteiger partial charge in [-0.15, -0.1) is 0 Å². The normalized spacial score (nSPS) is 11.0. The summed E-state index contributed by atoms with van der Waals surface area (Å²) in [5, 5.41) is 0. The molecule has 0 aromatic carbocycles. The molecular weight excluding hydrogens is 224 g/mol. The van der Waals surface area contributed by atoms with E-state index in [1.54, 1.807) is 6.07 Å². The molecule has 0 N–H and O–H groups in total. The smallest absolute Gasteiger partial charge is 0.178 e. The first-order valence-corrected chi connectivity index (χ1v) is 6.69. The molecule has 0 aliphatic rings. The fraction of sp³-hybridized carbons (Fsp3) is 0.533. The number of hydrogen-bond acceptors (Lipinski definition) is 3. The Morgan fingerprint density at radius 2 is 2.17 bits per heavy atom. The van der Waals surface area contributed by atoms with Crippen LogP contribution in [0.2, 0.25) is 0 Å². The Hall–Kier alpha value is -1.51. The summed E-state index contributed by atoms with van der Waals surface area (Å²) in [5.41, 5.74) is 1.43. The van der Waals surface area contributed by atoms with Crippen molar-refractivity contribution in [1.29, 1.82) is 0 Å². The highest BCUT2D eigenvalue weighted by molar-refractivity contribution is 5.92. The highest BCUT2D eigenvalue weighted by Gasteiger charge is 2.00. The van der Waals surface area contributed by atoms with Gasteiger partial charge in [0, 0.05) is 31.8 Å². The number of Topliss-reactive ketones (excluding diaryl/α,β-unsaturated/α-hetero) is 1. The standard InChI is InChI=1S/C15H22N2O/c1-3-4-5-6-11-16-12-10-14-8-7-9-15(17-14)13(2)18/h7-9,12H,3-6,10-11H2,1-2H3. The number of rotatable bonds is 8. The van der Waals surface area contributed by atoms with Gasteiger partial charge in [0.25, 0.3) is 0 Å². The van der Waals surface area contributed by atoms with E-state index in [0.717, 1.165) is 18.7 Å². The molecule has 0 radical (unpaired) electrons. The predicted molar refractivity (Wildman–Crippen MR) is 75.4 cm³/mol. The summed E-state index contributed by atoms with van der Waals surface area (Å²) in [6.45, 7) is 4.64. The number of carbonyl (C=O) groups excluding carboxylic acids is 1. The van der Waals surface area contributed by atoms with E-state index in [9.17, 15) is 4.79 Å². The Morgan fingerprint density at radius 1 is 1.33 bits per heavy atom. The second kappa shape index (κ2) is 8.56. The van der Waals surface area contributed by atoms with Crippen molar-refractivity contribution in [2.75, 3.05) is 6.54 Å². The number of hydrogen-bond donors (Lipinski definition) is 0. The largest absolute Gasteiger partial charge is 0.297 e. The molecule has 0 aliphatic heterocycles. The van der Waals surface area contributed by atoms with Gasteiger partial charge in [0.05, 0.1) is 0 Å². The van der Waals surface area contributed by atoms with E-state index in [1.165, 1.54) is 26.2 Å². The molecular formula is C15H22N2O. The van der Waals surface area contributed by atoms with Crippen LogP contribution >= 0.6 is 0 Å². The molecule has 0 bridgehead atoms. The maximum atomic E-state index is 11.2. The summed E-state index contributed by atoms with van der Waals surface area (Å²) in [5.74, 6) is 0.00774. The first-order chi connectivity index (χ1) is 8.74. The summed E-state index contributed by atoms with van der Waals surface area (Å²) in [6.07, 6.45) is 7.56. The minimum absolute atomic E-state index is 0.00774. The second-order valence-corrected chi connectivity index (χ2v) is 4.42. The topological polar surface area (TPSA) is 42.3 Å². The van der Waals surface area contributed by atoms with Crippen molar-refractivity contribution >= 4 is 12.0 Å². The SMILES string of the molecule is CCCCCCN=CCc1cccc(C(C)=O)n1. The molecule has 0 atom stereocenters. The highest BCUT2D eigenvalue weighted by atomic mass is 16.1. The third-order valence-corrected chi connectivity index (χ3v) is 2.74. The maximum Gasteiger partial charge on any atom is 0.178 e. The van der Waals surface area contributed by atoms with E-state index >= 15 is 0 Å². The van der Waals surface area contributed by atoms with E-state index in [2.05, 4.69) is 16.9 Å². The number of ketones is 1. The van der Waals surface area contributed by atoms with Gasteiger partial charge >= 0.3 is 0 Å².